The number of aromatic nitrogens is 1. The van der Waals surface area contributed by atoms with Crippen LogP contribution in [0.3, 0.4) is 0 Å². The van der Waals surface area contributed by atoms with Gasteiger partial charge in [0.25, 0.3) is 5.91 Å². The van der Waals surface area contributed by atoms with Gasteiger partial charge in [-0.2, -0.15) is 0 Å². The zero-order valence-corrected chi connectivity index (χ0v) is 16.5. The highest BCUT2D eigenvalue weighted by atomic mass is 16.5. The molecule has 0 aliphatic carbocycles. The lowest BCUT2D eigenvalue weighted by molar-refractivity contribution is 0.00671. The van der Waals surface area contributed by atoms with Gasteiger partial charge in [-0.05, 0) is 32.3 Å². The van der Waals surface area contributed by atoms with Crippen LogP contribution in [-0.4, -0.2) is 67.3 Å². The summed E-state index contributed by atoms with van der Waals surface area (Å²) in [7, 11) is 0. The van der Waals surface area contributed by atoms with E-state index in [4.69, 9.17) is 9.47 Å². The van der Waals surface area contributed by atoms with Gasteiger partial charge in [0.1, 0.15) is 5.69 Å². The smallest absolute Gasteiger partial charge is 0.340 e. The Morgan fingerprint density at radius 2 is 1.92 bits per heavy atom. The fourth-order valence-corrected chi connectivity index (χ4v) is 3.47. The zero-order valence-electron chi connectivity index (χ0n) is 16.5. The lowest BCUT2D eigenvalue weighted by atomic mass is 10.0. The van der Waals surface area contributed by atoms with Crippen LogP contribution < -0.4 is 5.32 Å². The molecule has 1 aromatic heterocycles. The normalized spacial score (nSPS) is 16.5. The molecule has 0 aromatic carbocycles. The van der Waals surface area contributed by atoms with E-state index < -0.39 is 5.97 Å². The van der Waals surface area contributed by atoms with Gasteiger partial charge in [-0.3, -0.25) is 9.69 Å². The lowest BCUT2D eigenvalue weighted by Gasteiger charge is -2.36. The van der Waals surface area contributed by atoms with Crippen LogP contribution in [0.2, 0.25) is 0 Å². The fourth-order valence-electron chi connectivity index (χ4n) is 3.47. The molecule has 0 saturated carbocycles. The van der Waals surface area contributed by atoms with Crippen molar-refractivity contribution in [3.05, 3.63) is 22.5 Å². The van der Waals surface area contributed by atoms with Crippen molar-refractivity contribution in [2.45, 2.75) is 40.7 Å². The summed E-state index contributed by atoms with van der Waals surface area (Å²) < 4.78 is 10.5. The SMILES string of the molecule is CCOC(=O)c1c(C)[nH]c(C(=O)NC[C@H](C(C)C)N2CCOCC2)c1C. The van der Waals surface area contributed by atoms with Gasteiger partial charge in [0.2, 0.25) is 0 Å². The molecule has 1 amide bonds. The van der Waals surface area contributed by atoms with Crippen molar-refractivity contribution in [1.82, 2.24) is 15.2 Å². The minimum absolute atomic E-state index is 0.194. The molecule has 2 heterocycles. The summed E-state index contributed by atoms with van der Waals surface area (Å²) in [6.45, 7) is 13.7. The highest BCUT2D eigenvalue weighted by Gasteiger charge is 2.26. The molecular formula is C19H31N3O4. The molecule has 0 radical (unpaired) electrons. The monoisotopic (exact) mass is 365 g/mol. The number of aryl methyl sites for hydroxylation is 1. The Balaban J connectivity index is 2.07. The van der Waals surface area contributed by atoms with E-state index >= 15 is 0 Å². The van der Waals surface area contributed by atoms with E-state index in [1.165, 1.54) is 0 Å². The van der Waals surface area contributed by atoms with E-state index in [0.717, 1.165) is 26.3 Å². The number of morpholine rings is 1. The van der Waals surface area contributed by atoms with Gasteiger partial charge >= 0.3 is 5.97 Å². The molecule has 146 valence electrons. The summed E-state index contributed by atoms with van der Waals surface area (Å²) in [4.78, 5) is 30.2. The van der Waals surface area contributed by atoms with Gasteiger partial charge in [0.05, 0.1) is 25.4 Å². The van der Waals surface area contributed by atoms with E-state index in [9.17, 15) is 9.59 Å². The molecule has 1 atom stereocenters. The van der Waals surface area contributed by atoms with Crippen LogP contribution >= 0.6 is 0 Å². The van der Waals surface area contributed by atoms with Gasteiger partial charge in [0, 0.05) is 31.4 Å². The number of hydrogen-bond donors (Lipinski definition) is 2. The van der Waals surface area contributed by atoms with Crippen molar-refractivity contribution in [3.63, 3.8) is 0 Å². The Bertz CT molecular complexity index is 633. The molecule has 7 nitrogen and oxygen atoms in total. The van der Waals surface area contributed by atoms with Crippen molar-refractivity contribution < 1.29 is 19.1 Å². The number of aromatic amines is 1. The van der Waals surface area contributed by atoms with Crippen LogP contribution in [0.5, 0.6) is 0 Å². The molecule has 26 heavy (non-hydrogen) atoms. The second-order valence-corrected chi connectivity index (χ2v) is 7.02. The predicted molar refractivity (Wildman–Crippen MR) is 99.6 cm³/mol. The second kappa shape index (κ2) is 9.19. The van der Waals surface area contributed by atoms with Gasteiger partial charge in [-0.15, -0.1) is 0 Å². The molecule has 0 bridgehead atoms. The molecule has 7 heteroatoms. The van der Waals surface area contributed by atoms with Gasteiger partial charge < -0.3 is 19.8 Å². The summed E-state index contributed by atoms with van der Waals surface area (Å²) in [6.07, 6.45) is 0. The summed E-state index contributed by atoms with van der Waals surface area (Å²) in [5.74, 6) is -0.179. The topological polar surface area (TPSA) is 83.7 Å². The van der Waals surface area contributed by atoms with E-state index in [-0.39, 0.29) is 11.9 Å². The van der Waals surface area contributed by atoms with Crippen LogP contribution in [0.1, 0.15) is 52.9 Å². The molecule has 0 spiro atoms. The van der Waals surface area contributed by atoms with Gasteiger partial charge in [-0.1, -0.05) is 13.8 Å². The third-order valence-corrected chi connectivity index (χ3v) is 4.90. The van der Waals surface area contributed by atoms with E-state index in [2.05, 4.69) is 29.0 Å². The van der Waals surface area contributed by atoms with E-state index in [1.54, 1.807) is 20.8 Å². The number of nitrogens with one attached hydrogen (secondary N) is 2. The quantitative estimate of drug-likeness (QED) is 0.721. The van der Waals surface area contributed by atoms with Crippen LogP contribution in [-0.2, 0) is 9.47 Å². The summed E-state index contributed by atoms with van der Waals surface area (Å²) in [6, 6.07) is 0.253. The summed E-state index contributed by atoms with van der Waals surface area (Å²) >= 11 is 0. The number of carbonyl (C=O) groups excluding carboxylic acids is 2. The highest BCUT2D eigenvalue weighted by molar-refractivity contribution is 6.00. The number of ether oxygens (including phenoxy) is 2. The average molecular weight is 365 g/mol. The highest BCUT2D eigenvalue weighted by Crippen LogP contribution is 2.19. The standard InChI is InChI=1S/C19H31N3O4/c1-6-26-19(24)16-13(4)17(21-14(16)5)18(23)20-11-15(12(2)3)22-7-9-25-10-8-22/h12,15,21H,6-11H2,1-5H3,(H,20,23)/t15-/m1/s1. The number of H-pyrrole nitrogens is 1. The van der Waals surface area contributed by atoms with Crippen LogP contribution in [0.25, 0.3) is 0 Å². The number of esters is 1. The van der Waals surface area contributed by atoms with E-state index in [0.29, 0.717) is 41.6 Å². The Morgan fingerprint density at radius 3 is 2.50 bits per heavy atom. The molecule has 0 unspecified atom stereocenters. The maximum atomic E-state index is 12.7. The minimum atomic E-state index is -0.397. The molecule has 2 N–H and O–H groups in total. The maximum Gasteiger partial charge on any atom is 0.340 e. The largest absolute Gasteiger partial charge is 0.462 e. The van der Waals surface area contributed by atoms with Crippen molar-refractivity contribution in [2.75, 3.05) is 39.5 Å². The third-order valence-electron chi connectivity index (χ3n) is 4.90. The van der Waals surface area contributed by atoms with Crippen molar-refractivity contribution in [2.24, 2.45) is 5.92 Å². The summed E-state index contributed by atoms with van der Waals surface area (Å²) in [5, 5.41) is 3.03. The van der Waals surface area contributed by atoms with E-state index in [1.807, 2.05) is 0 Å². The first-order valence-electron chi connectivity index (χ1n) is 9.33. The number of carbonyl (C=O) groups is 2. The first-order chi connectivity index (χ1) is 12.4. The molecule has 1 aliphatic rings. The number of hydrogen-bond acceptors (Lipinski definition) is 5. The maximum absolute atomic E-state index is 12.7. The Kier molecular flexibility index (Phi) is 7.23. The zero-order chi connectivity index (χ0) is 19.3. The molecule has 1 saturated heterocycles. The Hall–Kier alpha value is -1.86. The lowest BCUT2D eigenvalue weighted by Crippen LogP contribution is -2.51. The first-order valence-corrected chi connectivity index (χ1v) is 9.33. The molecule has 1 aliphatic heterocycles. The molecule has 1 aromatic rings. The fraction of sp³-hybridized carbons (Fsp3) is 0.684. The van der Waals surface area contributed by atoms with Crippen molar-refractivity contribution in [3.8, 4) is 0 Å². The Labute approximate surface area is 155 Å². The Morgan fingerprint density at radius 1 is 1.27 bits per heavy atom. The second-order valence-electron chi connectivity index (χ2n) is 7.02. The van der Waals surface area contributed by atoms with Gasteiger partial charge in [-0.25, -0.2) is 4.79 Å². The first kappa shape index (κ1) is 20.5. The van der Waals surface area contributed by atoms with Crippen molar-refractivity contribution in [1.29, 1.82) is 0 Å². The van der Waals surface area contributed by atoms with Crippen molar-refractivity contribution >= 4 is 11.9 Å². The minimum Gasteiger partial charge on any atom is -0.462 e. The molecule has 1 fully saturated rings. The predicted octanol–water partition coefficient (Wildman–Crippen LogP) is 1.89. The number of amides is 1. The average Bonchev–Trinajstić information content (AvgIpc) is 2.90. The van der Waals surface area contributed by atoms with Crippen LogP contribution in [0.4, 0.5) is 0 Å². The molecule has 2 rings (SSSR count). The van der Waals surface area contributed by atoms with Crippen LogP contribution in [0.15, 0.2) is 0 Å². The van der Waals surface area contributed by atoms with Gasteiger partial charge in [0.15, 0.2) is 0 Å². The summed E-state index contributed by atoms with van der Waals surface area (Å²) in [5.41, 5.74) is 2.16. The van der Waals surface area contributed by atoms with Crippen LogP contribution in [0, 0.1) is 19.8 Å². The third kappa shape index (κ3) is 4.65. The number of rotatable bonds is 7. The molecular weight excluding hydrogens is 334 g/mol. The number of nitrogens with zero attached hydrogens (tertiary/aromatic N) is 1.